The standard InChI is InChI=1S/C23H36N4O/c1-19(2)6-4-12-26-14-9-22(10-15-26)27-13-5-8-21(18-27)23(28)25-17-20-7-3-11-24-16-20/h3-4,6-7,11,16,19,21-22H,5,8-10,12-15,17-18H2,1-2H3,(H,25,28)/b6-4+/t21-/m1/s1. The van der Waals surface area contributed by atoms with Gasteiger partial charge in [-0.2, -0.15) is 0 Å². The van der Waals surface area contributed by atoms with Crippen molar-refractivity contribution in [2.45, 2.75) is 52.1 Å². The van der Waals surface area contributed by atoms with Gasteiger partial charge in [0.1, 0.15) is 0 Å². The third kappa shape index (κ3) is 6.42. The summed E-state index contributed by atoms with van der Waals surface area (Å²) < 4.78 is 0. The number of nitrogens with zero attached hydrogens (tertiary/aromatic N) is 3. The highest BCUT2D eigenvalue weighted by molar-refractivity contribution is 5.78. The van der Waals surface area contributed by atoms with Crippen molar-refractivity contribution in [3.8, 4) is 0 Å². The Morgan fingerprint density at radius 3 is 2.82 bits per heavy atom. The van der Waals surface area contributed by atoms with E-state index in [9.17, 15) is 4.79 Å². The summed E-state index contributed by atoms with van der Waals surface area (Å²) in [5, 5.41) is 3.11. The molecule has 0 saturated carbocycles. The summed E-state index contributed by atoms with van der Waals surface area (Å²) in [4.78, 5) is 21.9. The normalized spacial score (nSPS) is 22.8. The lowest BCUT2D eigenvalue weighted by atomic mass is 9.93. The van der Waals surface area contributed by atoms with Crippen molar-refractivity contribution >= 4 is 5.91 Å². The molecule has 1 aromatic rings. The number of hydrogen-bond donors (Lipinski definition) is 1. The van der Waals surface area contributed by atoms with Gasteiger partial charge in [0.25, 0.3) is 0 Å². The molecular formula is C23H36N4O. The number of rotatable bonds is 7. The van der Waals surface area contributed by atoms with E-state index in [0.29, 0.717) is 18.5 Å². The molecule has 1 atom stereocenters. The molecule has 2 fully saturated rings. The van der Waals surface area contributed by atoms with E-state index in [1.54, 1.807) is 6.20 Å². The molecule has 2 aliphatic heterocycles. The second-order valence-electron chi connectivity index (χ2n) is 8.62. The molecule has 2 aliphatic rings. The van der Waals surface area contributed by atoms with E-state index in [4.69, 9.17) is 0 Å². The average molecular weight is 385 g/mol. The Morgan fingerprint density at radius 2 is 2.11 bits per heavy atom. The first-order valence-electron chi connectivity index (χ1n) is 10.9. The third-order valence-electron chi connectivity index (χ3n) is 5.97. The second kappa shape index (κ2) is 10.7. The van der Waals surface area contributed by atoms with Crippen molar-refractivity contribution in [2.24, 2.45) is 11.8 Å². The minimum absolute atomic E-state index is 0.123. The largest absolute Gasteiger partial charge is 0.352 e. The highest BCUT2D eigenvalue weighted by Gasteiger charge is 2.31. The predicted molar refractivity (Wildman–Crippen MR) is 114 cm³/mol. The molecule has 154 valence electrons. The maximum absolute atomic E-state index is 12.7. The van der Waals surface area contributed by atoms with Gasteiger partial charge in [0.05, 0.1) is 5.92 Å². The molecule has 0 radical (unpaired) electrons. The topological polar surface area (TPSA) is 48.5 Å². The Morgan fingerprint density at radius 1 is 1.29 bits per heavy atom. The van der Waals surface area contributed by atoms with E-state index in [1.165, 1.54) is 25.9 Å². The molecule has 2 saturated heterocycles. The SMILES string of the molecule is CC(C)/C=C/CN1CCC(N2CCC[C@@H](C(=O)NCc3cccnc3)C2)CC1. The molecule has 3 heterocycles. The summed E-state index contributed by atoms with van der Waals surface area (Å²) in [5.74, 6) is 0.953. The molecule has 5 nitrogen and oxygen atoms in total. The fourth-order valence-corrected chi connectivity index (χ4v) is 4.34. The zero-order valence-corrected chi connectivity index (χ0v) is 17.5. The molecule has 0 bridgehead atoms. The number of aromatic nitrogens is 1. The van der Waals surface area contributed by atoms with Crippen molar-refractivity contribution in [3.63, 3.8) is 0 Å². The lowest BCUT2D eigenvalue weighted by Gasteiger charge is -2.41. The number of carbonyl (C=O) groups excluding carboxylic acids is 1. The molecule has 5 heteroatoms. The van der Waals surface area contributed by atoms with E-state index >= 15 is 0 Å². The average Bonchev–Trinajstić information content (AvgIpc) is 2.73. The number of pyridine rings is 1. The molecule has 1 amide bonds. The summed E-state index contributed by atoms with van der Waals surface area (Å²) in [6.07, 6.45) is 12.8. The monoisotopic (exact) mass is 384 g/mol. The van der Waals surface area contributed by atoms with Gasteiger partial charge in [-0.05, 0) is 62.9 Å². The van der Waals surface area contributed by atoms with Crippen molar-refractivity contribution in [1.82, 2.24) is 20.1 Å². The van der Waals surface area contributed by atoms with Crippen LogP contribution in [0.25, 0.3) is 0 Å². The third-order valence-corrected chi connectivity index (χ3v) is 5.97. The Hall–Kier alpha value is -1.72. The van der Waals surface area contributed by atoms with Crippen LogP contribution < -0.4 is 5.32 Å². The van der Waals surface area contributed by atoms with Crippen LogP contribution in [0, 0.1) is 11.8 Å². The van der Waals surface area contributed by atoms with Crippen molar-refractivity contribution in [1.29, 1.82) is 0 Å². The van der Waals surface area contributed by atoms with Crippen LogP contribution in [0.5, 0.6) is 0 Å². The lowest BCUT2D eigenvalue weighted by molar-refractivity contribution is -0.127. The molecule has 0 spiro atoms. The molecule has 1 aromatic heterocycles. The van der Waals surface area contributed by atoms with Gasteiger partial charge in [-0.3, -0.25) is 19.6 Å². The summed E-state index contributed by atoms with van der Waals surface area (Å²) in [6, 6.07) is 4.55. The number of allylic oxidation sites excluding steroid dienone is 1. The van der Waals surface area contributed by atoms with Gasteiger partial charge in [-0.1, -0.05) is 32.1 Å². The van der Waals surface area contributed by atoms with Gasteiger partial charge in [0.2, 0.25) is 5.91 Å². The molecule has 0 aromatic carbocycles. The Balaban J connectivity index is 1.41. The first-order valence-corrected chi connectivity index (χ1v) is 10.9. The number of nitrogens with one attached hydrogen (secondary N) is 1. The highest BCUT2D eigenvalue weighted by atomic mass is 16.1. The number of likely N-dealkylation sites (tertiary alicyclic amines) is 2. The molecule has 1 N–H and O–H groups in total. The number of carbonyl (C=O) groups is 1. The molecule has 3 rings (SSSR count). The van der Waals surface area contributed by atoms with Crippen LogP contribution in [0.2, 0.25) is 0 Å². The summed E-state index contributed by atoms with van der Waals surface area (Å²) in [5.41, 5.74) is 1.06. The predicted octanol–water partition coefficient (Wildman–Crippen LogP) is 3.09. The van der Waals surface area contributed by atoms with Crippen LogP contribution in [0.1, 0.15) is 45.1 Å². The minimum Gasteiger partial charge on any atom is -0.352 e. The van der Waals surface area contributed by atoms with Gasteiger partial charge < -0.3 is 5.32 Å². The lowest BCUT2D eigenvalue weighted by Crippen LogP contribution is -2.50. The minimum atomic E-state index is 0.123. The number of amides is 1. The van der Waals surface area contributed by atoms with Crippen LogP contribution in [0.15, 0.2) is 36.7 Å². The first kappa shape index (κ1) is 21.0. The van der Waals surface area contributed by atoms with Crippen LogP contribution in [0.4, 0.5) is 0 Å². The molecule has 28 heavy (non-hydrogen) atoms. The zero-order valence-electron chi connectivity index (χ0n) is 17.5. The molecule has 0 aliphatic carbocycles. The maximum atomic E-state index is 12.7. The first-order chi connectivity index (χ1) is 13.6. The fraction of sp³-hybridized carbons (Fsp3) is 0.652. The van der Waals surface area contributed by atoms with E-state index in [0.717, 1.165) is 38.0 Å². The van der Waals surface area contributed by atoms with Gasteiger partial charge in [0.15, 0.2) is 0 Å². The number of hydrogen-bond acceptors (Lipinski definition) is 4. The zero-order chi connectivity index (χ0) is 19.8. The van der Waals surface area contributed by atoms with Gasteiger partial charge in [-0.15, -0.1) is 0 Å². The summed E-state index contributed by atoms with van der Waals surface area (Å²) >= 11 is 0. The Labute approximate surface area is 170 Å². The quantitative estimate of drug-likeness (QED) is 0.734. The number of piperidine rings is 2. The van der Waals surface area contributed by atoms with Crippen LogP contribution in [0.3, 0.4) is 0 Å². The van der Waals surface area contributed by atoms with Crippen molar-refractivity contribution < 1.29 is 4.79 Å². The van der Waals surface area contributed by atoms with E-state index in [2.05, 4.69) is 46.1 Å². The van der Waals surface area contributed by atoms with Crippen molar-refractivity contribution in [3.05, 3.63) is 42.2 Å². The second-order valence-corrected chi connectivity index (χ2v) is 8.62. The van der Waals surface area contributed by atoms with E-state index in [1.807, 2.05) is 18.3 Å². The van der Waals surface area contributed by atoms with Crippen LogP contribution >= 0.6 is 0 Å². The Bertz CT molecular complexity index is 623. The molecule has 0 unspecified atom stereocenters. The highest BCUT2D eigenvalue weighted by Crippen LogP contribution is 2.24. The van der Waals surface area contributed by atoms with Gasteiger partial charge >= 0.3 is 0 Å². The maximum Gasteiger partial charge on any atom is 0.224 e. The Kier molecular flexibility index (Phi) is 8.04. The summed E-state index contributed by atoms with van der Waals surface area (Å²) in [6.45, 7) is 10.5. The van der Waals surface area contributed by atoms with Gasteiger partial charge in [-0.25, -0.2) is 0 Å². The van der Waals surface area contributed by atoms with E-state index in [-0.39, 0.29) is 11.8 Å². The van der Waals surface area contributed by atoms with E-state index < -0.39 is 0 Å². The van der Waals surface area contributed by atoms with Gasteiger partial charge in [0, 0.05) is 38.1 Å². The fourth-order valence-electron chi connectivity index (χ4n) is 4.34. The molecular weight excluding hydrogens is 348 g/mol. The van der Waals surface area contributed by atoms with Crippen LogP contribution in [-0.4, -0.2) is 59.5 Å². The smallest absolute Gasteiger partial charge is 0.224 e. The van der Waals surface area contributed by atoms with Crippen molar-refractivity contribution in [2.75, 3.05) is 32.7 Å². The van der Waals surface area contributed by atoms with Crippen LogP contribution in [-0.2, 0) is 11.3 Å². The summed E-state index contributed by atoms with van der Waals surface area (Å²) in [7, 11) is 0.